The monoisotopic (exact) mass is 262 g/mol. The van der Waals surface area contributed by atoms with Crippen LogP contribution in [-0.4, -0.2) is 16.2 Å². The number of benzene rings is 2. The van der Waals surface area contributed by atoms with Gasteiger partial charge in [-0.1, -0.05) is 41.9 Å². The lowest BCUT2D eigenvalue weighted by atomic mass is 10.0. The van der Waals surface area contributed by atoms with E-state index in [9.17, 15) is 9.90 Å². The molecule has 0 fully saturated rings. The van der Waals surface area contributed by atoms with E-state index in [1.807, 2.05) is 18.2 Å². The summed E-state index contributed by atoms with van der Waals surface area (Å²) < 4.78 is 0. The van der Waals surface area contributed by atoms with Gasteiger partial charge in [-0.3, -0.25) is 0 Å². The predicted octanol–water partition coefficient (Wildman–Crippen LogP) is 3.33. The molecule has 0 spiro atoms. The van der Waals surface area contributed by atoms with E-state index < -0.39 is 5.97 Å². The Labute approximate surface area is 109 Å². The summed E-state index contributed by atoms with van der Waals surface area (Å²) in [6.07, 6.45) is 0.395. The van der Waals surface area contributed by atoms with Gasteiger partial charge in [0.25, 0.3) is 0 Å². The minimum absolute atomic E-state index is 0.0976. The number of rotatable bonds is 3. The van der Waals surface area contributed by atoms with E-state index in [4.69, 9.17) is 16.7 Å². The van der Waals surface area contributed by atoms with Crippen molar-refractivity contribution in [3.8, 4) is 5.75 Å². The quantitative estimate of drug-likeness (QED) is 0.892. The van der Waals surface area contributed by atoms with Crippen LogP contribution in [0.25, 0.3) is 0 Å². The Balaban J connectivity index is 2.39. The molecule has 0 unspecified atom stereocenters. The summed E-state index contributed by atoms with van der Waals surface area (Å²) in [5.74, 6) is -1.35. The zero-order valence-corrected chi connectivity index (χ0v) is 10.2. The molecule has 0 atom stereocenters. The van der Waals surface area contributed by atoms with Crippen LogP contribution in [0.2, 0.25) is 5.02 Å². The number of hydrogen-bond donors (Lipinski definition) is 2. The van der Waals surface area contributed by atoms with E-state index in [2.05, 4.69) is 0 Å². The molecule has 0 aliphatic heterocycles. The summed E-state index contributed by atoms with van der Waals surface area (Å²) in [6.45, 7) is 0. The normalized spacial score (nSPS) is 10.3. The molecule has 0 bridgehead atoms. The van der Waals surface area contributed by atoms with Crippen LogP contribution in [0.3, 0.4) is 0 Å². The lowest BCUT2D eigenvalue weighted by Gasteiger charge is -2.08. The first-order chi connectivity index (χ1) is 8.59. The molecule has 0 aliphatic rings. The highest BCUT2D eigenvalue weighted by Crippen LogP contribution is 2.27. The number of carboxylic acids is 1. The molecule has 0 amide bonds. The zero-order valence-electron chi connectivity index (χ0n) is 9.43. The summed E-state index contributed by atoms with van der Waals surface area (Å²) >= 11 is 6.03. The summed E-state index contributed by atoms with van der Waals surface area (Å²) in [5.41, 5.74) is 1.29. The molecule has 3 nitrogen and oxygen atoms in total. The van der Waals surface area contributed by atoms with Crippen molar-refractivity contribution >= 4 is 17.6 Å². The molecule has 92 valence electrons. The second-order valence-corrected chi connectivity index (χ2v) is 4.29. The molecule has 2 aromatic rings. The number of aromatic hydroxyl groups is 1. The van der Waals surface area contributed by atoms with Gasteiger partial charge in [0.2, 0.25) is 0 Å². The summed E-state index contributed by atoms with van der Waals surface area (Å²) in [6, 6.07) is 11.9. The topological polar surface area (TPSA) is 57.5 Å². The summed E-state index contributed by atoms with van der Waals surface area (Å²) in [5, 5.41) is 19.4. The maximum absolute atomic E-state index is 10.9. The van der Waals surface area contributed by atoms with Gasteiger partial charge in [0, 0.05) is 11.4 Å². The lowest BCUT2D eigenvalue weighted by molar-refractivity contribution is 0.0693. The molecular formula is C14H11ClO3. The molecule has 0 saturated carbocycles. The molecule has 2 rings (SSSR count). The van der Waals surface area contributed by atoms with Crippen LogP contribution in [-0.2, 0) is 6.42 Å². The van der Waals surface area contributed by atoms with Crippen molar-refractivity contribution in [1.29, 1.82) is 0 Å². The van der Waals surface area contributed by atoms with Crippen LogP contribution >= 0.6 is 11.6 Å². The highest BCUT2D eigenvalue weighted by Gasteiger charge is 2.13. The van der Waals surface area contributed by atoms with Crippen molar-refractivity contribution in [1.82, 2.24) is 0 Å². The number of para-hydroxylation sites is 1. The number of halogens is 1. The standard InChI is InChI=1S/C14H11ClO3/c15-12-7-2-1-4-9(12)8-10-5-3-6-11(13(10)16)14(17)18/h1-7,16H,8H2,(H,17,18). The van der Waals surface area contributed by atoms with Gasteiger partial charge in [0.05, 0.1) is 0 Å². The Morgan fingerprint density at radius 2 is 1.72 bits per heavy atom. The van der Waals surface area contributed by atoms with E-state index in [0.717, 1.165) is 5.56 Å². The van der Waals surface area contributed by atoms with Crippen molar-refractivity contribution in [2.45, 2.75) is 6.42 Å². The second kappa shape index (κ2) is 5.10. The van der Waals surface area contributed by atoms with Gasteiger partial charge in [-0.2, -0.15) is 0 Å². The molecule has 18 heavy (non-hydrogen) atoms. The largest absolute Gasteiger partial charge is 0.507 e. The van der Waals surface area contributed by atoms with Crippen LogP contribution in [0, 0.1) is 0 Å². The number of aromatic carboxylic acids is 1. The first kappa shape index (κ1) is 12.5. The van der Waals surface area contributed by atoms with E-state index >= 15 is 0 Å². The average Bonchev–Trinajstić information content (AvgIpc) is 2.34. The Bertz CT molecular complexity index is 593. The number of hydrogen-bond acceptors (Lipinski definition) is 2. The molecule has 0 aliphatic carbocycles. The summed E-state index contributed by atoms with van der Waals surface area (Å²) in [7, 11) is 0. The third kappa shape index (κ3) is 2.46. The van der Waals surface area contributed by atoms with Crippen molar-refractivity contribution in [3.63, 3.8) is 0 Å². The van der Waals surface area contributed by atoms with E-state index in [0.29, 0.717) is 17.0 Å². The SMILES string of the molecule is O=C(O)c1cccc(Cc2ccccc2Cl)c1O. The Morgan fingerprint density at radius 3 is 2.39 bits per heavy atom. The van der Waals surface area contributed by atoms with Gasteiger partial charge < -0.3 is 10.2 Å². The van der Waals surface area contributed by atoms with Gasteiger partial charge in [-0.05, 0) is 23.3 Å². The number of carboxylic acid groups (broad SMARTS) is 1. The Morgan fingerprint density at radius 1 is 1.06 bits per heavy atom. The highest BCUT2D eigenvalue weighted by atomic mass is 35.5. The van der Waals surface area contributed by atoms with Crippen LogP contribution in [0.15, 0.2) is 42.5 Å². The van der Waals surface area contributed by atoms with E-state index in [1.165, 1.54) is 6.07 Å². The maximum atomic E-state index is 10.9. The summed E-state index contributed by atoms with van der Waals surface area (Å²) in [4.78, 5) is 10.9. The van der Waals surface area contributed by atoms with Gasteiger partial charge >= 0.3 is 5.97 Å². The van der Waals surface area contributed by atoms with E-state index in [-0.39, 0.29) is 11.3 Å². The highest BCUT2D eigenvalue weighted by molar-refractivity contribution is 6.31. The molecule has 0 heterocycles. The predicted molar refractivity (Wildman–Crippen MR) is 69.3 cm³/mol. The third-order valence-corrected chi connectivity index (χ3v) is 3.06. The van der Waals surface area contributed by atoms with Crippen LogP contribution in [0.4, 0.5) is 0 Å². The van der Waals surface area contributed by atoms with Gasteiger partial charge in [0.15, 0.2) is 0 Å². The van der Waals surface area contributed by atoms with Gasteiger partial charge in [-0.15, -0.1) is 0 Å². The number of carbonyl (C=O) groups is 1. The lowest BCUT2D eigenvalue weighted by Crippen LogP contribution is -1.99. The fraction of sp³-hybridized carbons (Fsp3) is 0.0714. The van der Waals surface area contributed by atoms with Gasteiger partial charge in [-0.25, -0.2) is 4.79 Å². The fourth-order valence-electron chi connectivity index (χ4n) is 1.75. The van der Waals surface area contributed by atoms with Crippen molar-refractivity contribution in [2.24, 2.45) is 0 Å². The number of phenols is 1. The molecular weight excluding hydrogens is 252 g/mol. The Kier molecular flexibility index (Phi) is 3.53. The first-order valence-electron chi connectivity index (χ1n) is 5.37. The average molecular weight is 263 g/mol. The molecule has 4 heteroatoms. The maximum Gasteiger partial charge on any atom is 0.339 e. The molecule has 0 radical (unpaired) electrons. The third-order valence-electron chi connectivity index (χ3n) is 2.69. The second-order valence-electron chi connectivity index (χ2n) is 3.89. The first-order valence-corrected chi connectivity index (χ1v) is 5.75. The van der Waals surface area contributed by atoms with Gasteiger partial charge in [0.1, 0.15) is 11.3 Å². The van der Waals surface area contributed by atoms with Crippen LogP contribution in [0.1, 0.15) is 21.5 Å². The van der Waals surface area contributed by atoms with Crippen LogP contribution in [0.5, 0.6) is 5.75 Å². The fourth-order valence-corrected chi connectivity index (χ4v) is 1.96. The Hall–Kier alpha value is -2.00. The van der Waals surface area contributed by atoms with Crippen molar-refractivity contribution < 1.29 is 15.0 Å². The van der Waals surface area contributed by atoms with Crippen LogP contribution < -0.4 is 0 Å². The molecule has 2 aromatic carbocycles. The van der Waals surface area contributed by atoms with E-state index in [1.54, 1.807) is 18.2 Å². The van der Waals surface area contributed by atoms with Crippen molar-refractivity contribution in [2.75, 3.05) is 0 Å². The minimum atomic E-state index is -1.14. The smallest absolute Gasteiger partial charge is 0.339 e. The molecule has 0 aromatic heterocycles. The minimum Gasteiger partial charge on any atom is -0.507 e. The molecule has 2 N–H and O–H groups in total. The zero-order chi connectivity index (χ0) is 13.1. The van der Waals surface area contributed by atoms with Crippen molar-refractivity contribution in [3.05, 3.63) is 64.2 Å². The molecule has 0 saturated heterocycles.